The van der Waals surface area contributed by atoms with Gasteiger partial charge in [0, 0.05) is 18.3 Å². The summed E-state index contributed by atoms with van der Waals surface area (Å²) in [4.78, 5) is 35.3. The number of amides is 3. The Balaban J connectivity index is 1.59. The summed E-state index contributed by atoms with van der Waals surface area (Å²) in [6.07, 6.45) is 0.00755. The fourth-order valence-electron chi connectivity index (χ4n) is 2.57. The number of benzene rings is 2. The van der Waals surface area contributed by atoms with Crippen molar-refractivity contribution in [3.05, 3.63) is 48.5 Å². The van der Waals surface area contributed by atoms with Crippen molar-refractivity contribution in [2.24, 2.45) is 0 Å². The maximum atomic E-state index is 12.2. The molecule has 0 spiro atoms. The van der Waals surface area contributed by atoms with Gasteiger partial charge in [-0.2, -0.15) is 0 Å². The predicted molar refractivity (Wildman–Crippen MR) is 96.5 cm³/mol. The van der Waals surface area contributed by atoms with Gasteiger partial charge in [0.15, 0.2) is 0 Å². The lowest BCUT2D eigenvalue weighted by Gasteiger charge is -2.26. The monoisotopic (exact) mass is 338 g/mol. The van der Waals surface area contributed by atoms with Crippen LogP contribution >= 0.6 is 0 Å². The normalized spacial score (nSPS) is 15.4. The summed E-state index contributed by atoms with van der Waals surface area (Å²) < 4.78 is 0. The Morgan fingerprint density at radius 3 is 2.20 bits per heavy atom. The van der Waals surface area contributed by atoms with E-state index < -0.39 is 6.04 Å². The summed E-state index contributed by atoms with van der Waals surface area (Å²) in [5.41, 5.74) is 2.74. The van der Waals surface area contributed by atoms with Crippen LogP contribution in [0, 0.1) is 0 Å². The Morgan fingerprint density at radius 2 is 1.56 bits per heavy atom. The zero-order valence-corrected chi connectivity index (χ0v) is 13.6. The van der Waals surface area contributed by atoms with E-state index >= 15 is 0 Å². The van der Waals surface area contributed by atoms with E-state index in [0.717, 1.165) is 5.69 Å². The molecule has 7 heteroatoms. The van der Waals surface area contributed by atoms with Gasteiger partial charge in [-0.3, -0.25) is 14.4 Å². The van der Waals surface area contributed by atoms with Gasteiger partial charge in [0.1, 0.15) is 6.04 Å². The maximum absolute atomic E-state index is 12.2. The first-order chi connectivity index (χ1) is 12.0. The fourth-order valence-corrected chi connectivity index (χ4v) is 2.57. The Kier molecular flexibility index (Phi) is 4.65. The summed E-state index contributed by atoms with van der Waals surface area (Å²) in [6.45, 7) is 1.43. The third-order valence-corrected chi connectivity index (χ3v) is 3.71. The Morgan fingerprint density at radius 1 is 0.960 bits per heavy atom. The first-order valence-electron chi connectivity index (χ1n) is 7.85. The average Bonchev–Trinajstić information content (AvgIpc) is 2.57. The highest BCUT2D eigenvalue weighted by Crippen LogP contribution is 2.26. The highest BCUT2D eigenvalue weighted by atomic mass is 16.2. The molecular weight excluding hydrogens is 320 g/mol. The molecule has 0 saturated carbocycles. The highest BCUT2D eigenvalue weighted by Gasteiger charge is 2.27. The van der Waals surface area contributed by atoms with E-state index in [1.54, 1.807) is 30.3 Å². The highest BCUT2D eigenvalue weighted by molar-refractivity contribution is 6.06. The minimum Gasteiger partial charge on any atom is -0.372 e. The number of nitrogens with one attached hydrogen (secondary N) is 4. The topological polar surface area (TPSA) is 99.3 Å². The van der Waals surface area contributed by atoms with Crippen molar-refractivity contribution in [3.63, 3.8) is 0 Å². The molecule has 2 aromatic rings. The van der Waals surface area contributed by atoms with Crippen molar-refractivity contribution in [2.75, 3.05) is 21.3 Å². The van der Waals surface area contributed by atoms with E-state index in [1.165, 1.54) is 6.92 Å². The number of hydrogen-bond donors (Lipinski definition) is 4. The molecule has 7 nitrogen and oxygen atoms in total. The summed E-state index contributed by atoms with van der Waals surface area (Å²) in [5.74, 6) is -0.680. The van der Waals surface area contributed by atoms with Crippen LogP contribution in [0.15, 0.2) is 48.5 Å². The van der Waals surface area contributed by atoms with Crippen molar-refractivity contribution >= 4 is 40.5 Å². The minimum atomic E-state index is -0.631. The number of anilines is 4. The van der Waals surface area contributed by atoms with Crippen LogP contribution in [0.5, 0.6) is 0 Å². The number of hydrogen-bond acceptors (Lipinski definition) is 4. The largest absolute Gasteiger partial charge is 0.372 e. The van der Waals surface area contributed by atoms with Gasteiger partial charge >= 0.3 is 0 Å². The summed E-state index contributed by atoms with van der Waals surface area (Å²) in [6, 6.07) is 13.5. The van der Waals surface area contributed by atoms with Crippen LogP contribution in [0.2, 0.25) is 0 Å². The number of carbonyl (C=O) groups is 3. The molecule has 3 rings (SSSR count). The molecule has 0 radical (unpaired) electrons. The van der Waals surface area contributed by atoms with Gasteiger partial charge in [-0.25, -0.2) is 0 Å². The van der Waals surface area contributed by atoms with E-state index in [-0.39, 0.29) is 24.1 Å². The molecule has 4 N–H and O–H groups in total. The third kappa shape index (κ3) is 4.14. The Bertz CT molecular complexity index is 817. The molecule has 0 saturated heterocycles. The van der Waals surface area contributed by atoms with Gasteiger partial charge < -0.3 is 21.3 Å². The molecule has 1 aliphatic rings. The summed E-state index contributed by atoms with van der Waals surface area (Å²) in [5, 5.41) is 11.3. The second-order valence-electron chi connectivity index (χ2n) is 5.74. The molecule has 128 valence electrons. The van der Waals surface area contributed by atoms with E-state index in [9.17, 15) is 14.4 Å². The zero-order chi connectivity index (χ0) is 17.8. The molecule has 1 aliphatic heterocycles. The SMILES string of the molecule is CC(=O)Nc1ccc(NC(=O)C[C@H]2Nc3ccccc3NC2=O)cc1. The molecular formula is C18H18N4O3. The fraction of sp³-hybridized carbons (Fsp3) is 0.167. The van der Waals surface area contributed by atoms with Crippen molar-refractivity contribution in [1.82, 2.24) is 0 Å². The van der Waals surface area contributed by atoms with Gasteiger partial charge in [-0.1, -0.05) is 12.1 Å². The number of carbonyl (C=O) groups excluding carboxylic acids is 3. The van der Waals surface area contributed by atoms with Crippen molar-refractivity contribution < 1.29 is 14.4 Å². The second-order valence-corrected chi connectivity index (χ2v) is 5.74. The van der Waals surface area contributed by atoms with E-state index in [1.807, 2.05) is 18.2 Å². The first-order valence-corrected chi connectivity index (χ1v) is 7.85. The lowest BCUT2D eigenvalue weighted by molar-refractivity contribution is -0.122. The van der Waals surface area contributed by atoms with Crippen LogP contribution in [0.3, 0.4) is 0 Å². The number of rotatable bonds is 4. The van der Waals surface area contributed by atoms with Gasteiger partial charge in [-0.05, 0) is 36.4 Å². The smallest absolute Gasteiger partial charge is 0.247 e. The molecule has 2 aromatic carbocycles. The lowest BCUT2D eigenvalue weighted by Crippen LogP contribution is -2.41. The third-order valence-electron chi connectivity index (χ3n) is 3.71. The van der Waals surface area contributed by atoms with Crippen molar-refractivity contribution in [3.8, 4) is 0 Å². The zero-order valence-electron chi connectivity index (χ0n) is 13.6. The average molecular weight is 338 g/mol. The van der Waals surface area contributed by atoms with Crippen LogP contribution in [0.1, 0.15) is 13.3 Å². The first kappa shape index (κ1) is 16.5. The molecule has 1 atom stereocenters. The molecule has 0 aromatic heterocycles. The van der Waals surface area contributed by atoms with Crippen molar-refractivity contribution in [1.29, 1.82) is 0 Å². The summed E-state index contributed by atoms with van der Waals surface area (Å²) >= 11 is 0. The number of fused-ring (bicyclic) bond motifs is 1. The standard InChI is InChI=1S/C18H18N4O3/c1-11(23)19-12-6-8-13(9-7-12)20-17(24)10-16-18(25)22-15-5-3-2-4-14(15)21-16/h2-9,16,21H,10H2,1H3,(H,19,23)(H,20,24)(H,22,25)/t16-/m1/s1. The lowest BCUT2D eigenvalue weighted by atomic mass is 10.1. The molecule has 0 bridgehead atoms. The summed E-state index contributed by atoms with van der Waals surface area (Å²) in [7, 11) is 0. The number of para-hydroxylation sites is 2. The molecule has 0 fully saturated rings. The van der Waals surface area contributed by atoms with E-state index in [4.69, 9.17) is 0 Å². The van der Waals surface area contributed by atoms with Gasteiger partial charge in [0.05, 0.1) is 17.8 Å². The van der Waals surface area contributed by atoms with Gasteiger partial charge in [-0.15, -0.1) is 0 Å². The predicted octanol–water partition coefficient (Wildman–Crippen LogP) is 2.41. The van der Waals surface area contributed by atoms with Crippen LogP contribution < -0.4 is 21.3 Å². The van der Waals surface area contributed by atoms with Crippen molar-refractivity contribution in [2.45, 2.75) is 19.4 Å². The van der Waals surface area contributed by atoms with Crippen LogP contribution in [0.4, 0.5) is 22.7 Å². The molecule has 0 aliphatic carbocycles. The quantitative estimate of drug-likeness (QED) is 0.688. The van der Waals surface area contributed by atoms with Gasteiger partial charge in [0.2, 0.25) is 17.7 Å². The van der Waals surface area contributed by atoms with Crippen LogP contribution in [0.25, 0.3) is 0 Å². The molecule has 25 heavy (non-hydrogen) atoms. The minimum absolute atomic E-state index is 0.00755. The Hall–Kier alpha value is -3.35. The van der Waals surface area contributed by atoms with Crippen LogP contribution in [-0.2, 0) is 14.4 Å². The molecule has 0 unspecified atom stereocenters. The molecule has 3 amide bonds. The van der Waals surface area contributed by atoms with Crippen LogP contribution in [-0.4, -0.2) is 23.8 Å². The molecule has 1 heterocycles. The maximum Gasteiger partial charge on any atom is 0.247 e. The Labute approximate surface area is 144 Å². The van der Waals surface area contributed by atoms with Gasteiger partial charge in [0.25, 0.3) is 0 Å². The van der Waals surface area contributed by atoms with E-state index in [0.29, 0.717) is 17.1 Å². The van der Waals surface area contributed by atoms with E-state index in [2.05, 4.69) is 21.3 Å². The second kappa shape index (κ2) is 7.04.